The lowest BCUT2D eigenvalue weighted by molar-refractivity contribution is 0.0289. The molecule has 0 radical (unpaired) electrons. The number of benzene rings is 1. The lowest BCUT2D eigenvalue weighted by Gasteiger charge is -2.19. The number of hydrogen-bond acceptors (Lipinski definition) is 2. The molecule has 0 aromatic heterocycles. The van der Waals surface area contributed by atoms with E-state index < -0.39 is 0 Å². The number of fused-ring (bicyclic) bond motifs is 1. The molecule has 3 unspecified atom stereocenters. The van der Waals surface area contributed by atoms with Crippen molar-refractivity contribution in [2.45, 2.75) is 57.7 Å². The molecule has 0 aliphatic carbocycles. The van der Waals surface area contributed by atoms with Crippen LogP contribution in [0.25, 0.3) is 0 Å². The Morgan fingerprint density at radius 2 is 2.00 bits per heavy atom. The van der Waals surface area contributed by atoms with Gasteiger partial charge in [0.1, 0.15) is 5.75 Å². The van der Waals surface area contributed by atoms with Crippen molar-refractivity contribution in [2.24, 2.45) is 5.92 Å². The molecule has 4 atom stereocenters. The number of ether oxygens (including phenoxy) is 2. The summed E-state index contributed by atoms with van der Waals surface area (Å²) >= 11 is 0. The second kappa shape index (κ2) is 5.54. The van der Waals surface area contributed by atoms with Gasteiger partial charge in [0.25, 0.3) is 0 Å². The fraction of sp³-hybridized carbons (Fsp3) is 0.647. The van der Waals surface area contributed by atoms with Gasteiger partial charge in [0.05, 0.1) is 18.8 Å². The summed E-state index contributed by atoms with van der Waals surface area (Å²) in [5.41, 5.74) is 1.40. The highest BCUT2D eigenvalue weighted by Gasteiger charge is 2.36. The van der Waals surface area contributed by atoms with Gasteiger partial charge in [-0.05, 0) is 37.7 Å². The van der Waals surface area contributed by atoms with Gasteiger partial charge in [-0.15, -0.1) is 0 Å². The van der Waals surface area contributed by atoms with Crippen molar-refractivity contribution in [2.75, 3.05) is 6.61 Å². The zero-order valence-electron chi connectivity index (χ0n) is 12.0. The summed E-state index contributed by atoms with van der Waals surface area (Å²) in [6, 6.07) is 8.49. The molecule has 0 spiro atoms. The van der Waals surface area contributed by atoms with Crippen molar-refractivity contribution >= 4 is 0 Å². The van der Waals surface area contributed by atoms with Crippen LogP contribution in [0.1, 0.15) is 51.0 Å². The highest BCUT2D eigenvalue weighted by Crippen LogP contribution is 2.42. The van der Waals surface area contributed by atoms with Crippen LogP contribution in [0, 0.1) is 5.92 Å². The van der Waals surface area contributed by atoms with Gasteiger partial charge in [-0.25, -0.2) is 0 Å². The van der Waals surface area contributed by atoms with Crippen LogP contribution in [0.4, 0.5) is 0 Å². The molecule has 2 heteroatoms. The lowest BCUT2D eigenvalue weighted by atomic mass is 9.85. The van der Waals surface area contributed by atoms with Crippen molar-refractivity contribution in [3.8, 4) is 5.75 Å². The third kappa shape index (κ3) is 2.51. The first-order valence-corrected chi connectivity index (χ1v) is 7.69. The Labute approximate surface area is 116 Å². The molecule has 2 aliphatic rings. The number of hydrogen-bond donors (Lipinski definition) is 0. The van der Waals surface area contributed by atoms with E-state index in [1.807, 2.05) is 0 Å². The molecule has 2 heterocycles. The van der Waals surface area contributed by atoms with Crippen LogP contribution in [-0.4, -0.2) is 18.8 Å². The van der Waals surface area contributed by atoms with Crippen LogP contribution in [0.5, 0.6) is 5.75 Å². The van der Waals surface area contributed by atoms with Crippen LogP contribution in [0.2, 0.25) is 0 Å². The molecule has 2 aliphatic heterocycles. The highest BCUT2D eigenvalue weighted by molar-refractivity contribution is 5.39. The molecular weight excluding hydrogens is 236 g/mol. The first-order chi connectivity index (χ1) is 9.31. The Balaban J connectivity index is 1.69. The molecule has 0 N–H and O–H groups in total. The Morgan fingerprint density at radius 1 is 1.16 bits per heavy atom. The quantitative estimate of drug-likeness (QED) is 0.809. The minimum Gasteiger partial charge on any atom is -0.493 e. The van der Waals surface area contributed by atoms with Gasteiger partial charge in [0.15, 0.2) is 0 Å². The van der Waals surface area contributed by atoms with Crippen molar-refractivity contribution < 1.29 is 9.47 Å². The smallest absolute Gasteiger partial charge is 0.122 e. The third-order valence-electron chi connectivity index (χ3n) is 4.70. The molecular formula is C17H24O2. The first-order valence-electron chi connectivity index (χ1n) is 7.69. The van der Waals surface area contributed by atoms with Crippen LogP contribution in [0.15, 0.2) is 24.3 Å². The standard InChI is InChI=1S/C17H24O2/c1-3-14-10-12(16(4-2)19-14)9-13-11-18-17-8-6-5-7-15(13)17/h5-8,12-14,16H,3-4,9-11H2,1-2H3/t12?,13-,14?,16?/m0/s1. The van der Waals surface area contributed by atoms with Gasteiger partial charge < -0.3 is 9.47 Å². The molecule has 1 saturated heterocycles. The van der Waals surface area contributed by atoms with Crippen LogP contribution >= 0.6 is 0 Å². The number of para-hydroxylation sites is 1. The largest absolute Gasteiger partial charge is 0.493 e. The predicted octanol–water partition coefficient (Wildman–Crippen LogP) is 4.15. The van der Waals surface area contributed by atoms with Crippen molar-refractivity contribution in [3.05, 3.63) is 29.8 Å². The molecule has 2 nitrogen and oxygen atoms in total. The summed E-state index contributed by atoms with van der Waals surface area (Å²) < 4.78 is 11.9. The molecule has 104 valence electrons. The number of rotatable bonds is 4. The summed E-state index contributed by atoms with van der Waals surface area (Å²) in [4.78, 5) is 0. The average Bonchev–Trinajstić information content (AvgIpc) is 3.04. The zero-order valence-corrected chi connectivity index (χ0v) is 12.0. The van der Waals surface area contributed by atoms with Crippen molar-refractivity contribution in [3.63, 3.8) is 0 Å². The fourth-order valence-corrected chi connectivity index (χ4v) is 3.63. The van der Waals surface area contributed by atoms with Crippen molar-refractivity contribution in [1.82, 2.24) is 0 Å². The Hall–Kier alpha value is -1.02. The van der Waals surface area contributed by atoms with E-state index in [-0.39, 0.29) is 0 Å². The molecule has 0 bridgehead atoms. The maximum absolute atomic E-state index is 6.13. The van der Waals surface area contributed by atoms with Gasteiger partial charge in [0.2, 0.25) is 0 Å². The minimum atomic E-state index is 0.456. The van der Waals surface area contributed by atoms with Crippen LogP contribution in [-0.2, 0) is 4.74 Å². The van der Waals surface area contributed by atoms with Gasteiger partial charge in [-0.2, -0.15) is 0 Å². The second-order valence-corrected chi connectivity index (χ2v) is 5.89. The molecule has 0 saturated carbocycles. The van der Waals surface area contributed by atoms with Crippen molar-refractivity contribution in [1.29, 1.82) is 0 Å². The van der Waals surface area contributed by atoms with E-state index in [2.05, 4.69) is 38.1 Å². The average molecular weight is 260 g/mol. The van der Waals surface area contributed by atoms with Gasteiger partial charge in [0, 0.05) is 11.5 Å². The van der Waals surface area contributed by atoms with Gasteiger partial charge in [-0.1, -0.05) is 32.0 Å². The van der Waals surface area contributed by atoms with Crippen LogP contribution < -0.4 is 4.74 Å². The molecule has 3 rings (SSSR count). The highest BCUT2D eigenvalue weighted by atomic mass is 16.5. The van der Waals surface area contributed by atoms with Gasteiger partial charge >= 0.3 is 0 Å². The molecule has 1 aromatic carbocycles. The van der Waals surface area contributed by atoms with E-state index in [9.17, 15) is 0 Å². The molecule has 0 amide bonds. The maximum atomic E-state index is 6.13. The SMILES string of the molecule is CCC1CC(C[C@H]2COc3ccccc32)C(CC)O1. The lowest BCUT2D eigenvalue weighted by Crippen LogP contribution is -2.18. The van der Waals surface area contributed by atoms with Gasteiger partial charge in [-0.3, -0.25) is 0 Å². The van der Waals surface area contributed by atoms with E-state index in [4.69, 9.17) is 9.47 Å². The Kier molecular flexibility index (Phi) is 3.79. The molecule has 1 aromatic rings. The topological polar surface area (TPSA) is 18.5 Å². The maximum Gasteiger partial charge on any atom is 0.122 e. The van der Waals surface area contributed by atoms with E-state index in [0.717, 1.165) is 25.2 Å². The first kappa shape index (κ1) is 13.0. The summed E-state index contributed by atoms with van der Waals surface area (Å²) in [5.74, 6) is 2.36. The van der Waals surface area contributed by atoms with E-state index in [0.29, 0.717) is 24.0 Å². The summed E-state index contributed by atoms with van der Waals surface area (Å²) in [6.07, 6.45) is 5.66. The third-order valence-corrected chi connectivity index (χ3v) is 4.70. The normalized spacial score (nSPS) is 33.2. The summed E-state index contributed by atoms with van der Waals surface area (Å²) in [5, 5.41) is 0. The minimum absolute atomic E-state index is 0.456. The van der Waals surface area contributed by atoms with E-state index in [1.165, 1.54) is 18.4 Å². The zero-order chi connectivity index (χ0) is 13.2. The fourth-order valence-electron chi connectivity index (χ4n) is 3.63. The Bertz CT molecular complexity index is 429. The Morgan fingerprint density at radius 3 is 2.79 bits per heavy atom. The van der Waals surface area contributed by atoms with E-state index in [1.54, 1.807) is 0 Å². The van der Waals surface area contributed by atoms with Crippen LogP contribution in [0.3, 0.4) is 0 Å². The predicted molar refractivity (Wildman–Crippen MR) is 76.6 cm³/mol. The summed E-state index contributed by atoms with van der Waals surface area (Å²) in [7, 11) is 0. The second-order valence-electron chi connectivity index (χ2n) is 5.89. The van der Waals surface area contributed by atoms with E-state index >= 15 is 0 Å². The molecule has 19 heavy (non-hydrogen) atoms. The summed E-state index contributed by atoms with van der Waals surface area (Å²) in [6.45, 7) is 5.33. The molecule has 1 fully saturated rings. The monoisotopic (exact) mass is 260 g/mol.